The van der Waals surface area contributed by atoms with Crippen molar-refractivity contribution in [2.24, 2.45) is 5.73 Å². The molecule has 0 spiro atoms. The molecule has 0 aliphatic carbocycles. The molecule has 1 atom stereocenters. The molecule has 1 unspecified atom stereocenters. The maximum absolute atomic E-state index is 6.23. The van der Waals surface area contributed by atoms with E-state index in [2.05, 4.69) is 4.98 Å². The summed E-state index contributed by atoms with van der Waals surface area (Å²) in [6, 6.07) is 4.04. The Hall–Kier alpha value is -1.35. The van der Waals surface area contributed by atoms with Crippen molar-refractivity contribution in [1.82, 2.24) is 4.98 Å². The number of hydrogen-bond donors (Lipinski definition) is 1. The van der Waals surface area contributed by atoms with Crippen molar-refractivity contribution in [2.45, 2.75) is 32.7 Å². The lowest BCUT2D eigenvalue weighted by Crippen LogP contribution is -2.17. The van der Waals surface area contributed by atoms with Crippen molar-refractivity contribution in [2.75, 3.05) is 6.61 Å². The molecule has 3 heteroatoms. The number of pyridine rings is 1. The zero-order chi connectivity index (χ0) is 11.5. The molecule has 3 nitrogen and oxygen atoms in total. The second-order valence-electron chi connectivity index (χ2n) is 4.33. The van der Waals surface area contributed by atoms with Crippen LogP contribution in [0.3, 0.4) is 0 Å². The number of ether oxygens (including phenoxy) is 1. The summed E-state index contributed by atoms with van der Waals surface area (Å²) in [4.78, 5) is 4.36. The summed E-state index contributed by atoms with van der Waals surface area (Å²) in [6.07, 6.45) is 3.91. The van der Waals surface area contributed by atoms with Crippen LogP contribution in [0.4, 0.5) is 0 Å². The van der Waals surface area contributed by atoms with Crippen LogP contribution in [0.1, 0.15) is 35.8 Å². The van der Waals surface area contributed by atoms with Gasteiger partial charge in [-0.05, 0) is 50.0 Å². The van der Waals surface area contributed by atoms with Crippen LogP contribution in [-0.2, 0) is 4.74 Å². The van der Waals surface area contributed by atoms with Crippen LogP contribution >= 0.6 is 0 Å². The van der Waals surface area contributed by atoms with E-state index in [1.165, 1.54) is 5.57 Å². The summed E-state index contributed by atoms with van der Waals surface area (Å²) in [5.74, 6) is 0. The third kappa shape index (κ3) is 2.42. The molecule has 2 rings (SSSR count). The predicted octanol–water partition coefficient (Wildman–Crippen LogP) is 2.39. The van der Waals surface area contributed by atoms with Crippen molar-refractivity contribution in [3.63, 3.8) is 0 Å². The van der Waals surface area contributed by atoms with Gasteiger partial charge in [0.05, 0.1) is 18.9 Å². The van der Waals surface area contributed by atoms with Gasteiger partial charge in [-0.1, -0.05) is 0 Å². The molecular weight excluding hydrogens is 200 g/mol. The van der Waals surface area contributed by atoms with E-state index in [0.717, 1.165) is 36.4 Å². The van der Waals surface area contributed by atoms with Gasteiger partial charge in [0.25, 0.3) is 0 Å². The Morgan fingerprint density at radius 1 is 1.31 bits per heavy atom. The fraction of sp³-hybridized carbons (Fsp3) is 0.462. The van der Waals surface area contributed by atoms with Gasteiger partial charge < -0.3 is 10.5 Å². The van der Waals surface area contributed by atoms with Crippen LogP contribution in [0.2, 0.25) is 0 Å². The van der Waals surface area contributed by atoms with Gasteiger partial charge in [-0.3, -0.25) is 4.98 Å². The number of nitrogens with zero attached hydrogens (tertiary/aromatic N) is 1. The summed E-state index contributed by atoms with van der Waals surface area (Å²) in [7, 11) is 0. The highest BCUT2D eigenvalue weighted by molar-refractivity contribution is 5.30. The standard InChI is InChI=1S/C13H18N2O/c1-9-6-12(7-10(2)15-9)13(14)11-4-3-5-16-8-11/h6-8,13H,3-5,14H2,1-2H3. The molecule has 16 heavy (non-hydrogen) atoms. The summed E-state index contributed by atoms with van der Waals surface area (Å²) < 4.78 is 5.33. The molecule has 0 aromatic carbocycles. The summed E-state index contributed by atoms with van der Waals surface area (Å²) in [5, 5.41) is 0. The lowest BCUT2D eigenvalue weighted by atomic mass is 9.96. The second kappa shape index (κ2) is 4.66. The fourth-order valence-corrected chi connectivity index (χ4v) is 2.07. The molecule has 0 saturated heterocycles. The first-order valence-electron chi connectivity index (χ1n) is 5.68. The van der Waals surface area contributed by atoms with Crippen LogP contribution in [-0.4, -0.2) is 11.6 Å². The predicted molar refractivity (Wildman–Crippen MR) is 63.9 cm³/mol. The molecule has 1 aliphatic rings. The fourth-order valence-electron chi connectivity index (χ4n) is 2.07. The quantitative estimate of drug-likeness (QED) is 0.829. The van der Waals surface area contributed by atoms with Crippen LogP contribution in [0, 0.1) is 13.8 Å². The van der Waals surface area contributed by atoms with E-state index in [0.29, 0.717) is 0 Å². The molecule has 1 aromatic rings. The van der Waals surface area contributed by atoms with Gasteiger partial charge >= 0.3 is 0 Å². The second-order valence-corrected chi connectivity index (χ2v) is 4.33. The Morgan fingerprint density at radius 2 is 2.00 bits per heavy atom. The highest BCUT2D eigenvalue weighted by Crippen LogP contribution is 2.26. The molecule has 0 bridgehead atoms. The maximum Gasteiger partial charge on any atom is 0.0876 e. The first-order chi connectivity index (χ1) is 7.66. The number of hydrogen-bond acceptors (Lipinski definition) is 3. The third-order valence-corrected chi connectivity index (χ3v) is 2.82. The lowest BCUT2D eigenvalue weighted by molar-refractivity contribution is 0.221. The van der Waals surface area contributed by atoms with Crippen LogP contribution < -0.4 is 5.73 Å². The van der Waals surface area contributed by atoms with Crippen LogP contribution in [0.25, 0.3) is 0 Å². The molecule has 1 aliphatic heterocycles. The van der Waals surface area contributed by atoms with E-state index in [-0.39, 0.29) is 6.04 Å². The lowest BCUT2D eigenvalue weighted by Gasteiger charge is -2.20. The molecule has 2 heterocycles. The largest absolute Gasteiger partial charge is 0.501 e. The summed E-state index contributed by atoms with van der Waals surface area (Å²) >= 11 is 0. The number of aromatic nitrogens is 1. The molecule has 0 radical (unpaired) electrons. The highest BCUT2D eigenvalue weighted by Gasteiger charge is 2.15. The van der Waals surface area contributed by atoms with Gasteiger partial charge in [-0.15, -0.1) is 0 Å². The minimum atomic E-state index is -0.0549. The Labute approximate surface area is 96.3 Å². The number of nitrogens with two attached hydrogens (primary N) is 1. The average molecular weight is 218 g/mol. The molecule has 0 saturated carbocycles. The molecule has 1 aromatic heterocycles. The minimum Gasteiger partial charge on any atom is -0.501 e. The first-order valence-corrected chi connectivity index (χ1v) is 5.68. The summed E-state index contributed by atoms with van der Waals surface area (Å²) in [6.45, 7) is 4.80. The monoisotopic (exact) mass is 218 g/mol. The first kappa shape index (κ1) is 11.1. The topological polar surface area (TPSA) is 48.1 Å². The highest BCUT2D eigenvalue weighted by atomic mass is 16.5. The average Bonchev–Trinajstić information content (AvgIpc) is 2.28. The number of rotatable bonds is 2. The normalized spacial score (nSPS) is 17.6. The van der Waals surface area contributed by atoms with Gasteiger partial charge in [0.2, 0.25) is 0 Å². The van der Waals surface area contributed by atoms with Gasteiger partial charge in [0.1, 0.15) is 0 Å². The Morgan fingerprint density at radius 3 is 2.56 bits per heavy atom. The van der Waals surface area contributed by atoms with Crippen LogP contribution in [0.15, 0.2) is 24.0 Å². The van der Waals surface area contributed by atoms with E-state index in [4.69, 9.17) is 10.5 Å². The molecule has 0 fully saturated rings. The van der Waals surface area contributed by atoms with Crippen molar-refractivity contribution < 1.29 is 4.74 Å². The van der Waals surface area contributed by atoms with E-state index in [9.17, 15) is 0 Å². The summed E-state index contributed by atoms with van der Waals surface area (Å²) in [5.41, 5.74) is 10.6. The van der Waals surface area contributed by atoms with E-state index < -0.39 is 0 Å². The van der Waals surface area contributed by atoms with Gasteiger partial charge in [0.15, 0.2) is 0 Å². The Kier molecular flexibility index (Phi) is 3.25. The zero-order valence-electron chi connectivity index (χ0n) is 9.86. The number of aryl methyl sites for hydroxylation is 2. The maximum atomic E-state index is 6.23. The molecule has 0 amide bonds. The minimum absolute atomic E-state index is 0.0549. The van der Waals surface area contributed by atoms with Gasteiger partial charge in [0, 0.05) is 11.4 Å². The van der Waals surface area contributed by atoms with Crippen molar-refractivity contribution in [3.8, 4) is 0 Å². The van der Waals surface area contributed by atoms with E-state index in [1.54, 1.807) is 0 Å². The van der Waals surface area contributed by atoms with Crippen molar-refractivity contribution in [3.05, 3.63) is 40.9 Å². The zero-order valence-corrected chi connectivity index (χ0v) is 9.86. The Balaban J connectivity index is 2.25. The smallest absolute Gasteiger partial charge is 0.0876 e. The van der Waals surface area contributed by atoms with Crippen molar-refractivity contribution >= 4 is 0 Å². The SMILES string of the molecule is Cc1cc(C(N)C2=COCCC2)cc(C)n1. The Bertz CT molecular complexity index is 392. The van der Waals surface area contributed by atoms with Crippen LogP contribution in [0.5, 0.6) is 0 Å². The molecule has 86 valence electrons. The molecule has 2 N–H and O–H groups in total. The third-order valence-electron chi connectivity index (χ3n) is 2.82. The van der Waals surface area contributed by atoms with Crippen molar-refractivity contribution in [1.29, 1.82) is 0 Å². The van der Waals surface area contributed by atoms with Gasteiger partial charge in [-0.2, -0.15) is 0 Å². The molecular formula is C13H18N2O. The van der Waals surface area contributed by atoms with E-state index >= 15 is 0 Å². The van der Waals surface area contributed by atoms with Gasteiger partial charge in [-0.25, -0.2) is 0 Å². The van der Waals surface area contributed by atoms with E-state index in [1.807, 2.05) is 32.2 Å².